The molecule has 10 heteroatoms. The zero-order chi connectivity index (χ0) is 25.5. The van der Waals surface area contributed by atoms with Gasteiger partial charge in [-0.1, -0.05) is 67.0 Å². The van der Waals surface area contributed by atoms with Crippen LogP contribution in [0.4, 0.5) is 0 Å². The van der Waals surface area contributed by atoms with Crippen LogP contribution in [0, 0.1) is 0 Å². The summed E-state index contributed by atoms with van der Waals surface area (Å²) >= 11 is 0. The van der Waals surface area contributed by atoms with Gasteiger partial charge in [0.1, 0.15) is 6.33 Å². The molecular formula is C27H26N6O4. The Balaban J connectivity index is 1.38. The van der Waals surface area contributed by atoms with Gasteiger partial charge < -0.3 is 5.11 Å². The van der Waals surface area contributed by atoms with Gasteiger partial charge in [0.15, 0.2) is 5.82 Å². The molecular weight excluding hydrogens is 472 g/mol. The minimum absolute atomic E-state index is 0.0646. The Hall–Kier alpha value is -4.31. The van der Waals surface area contributed by atoms with Crippen LogP contribution < -0.4 is 11.3 Å². The lowest BCUT2D eigenvalue weighted by atomic mass is 9.89. The average Bonchev–Trinajstić information content (AvgIpc) is 3.55. The normalized spacial score (nSPS) is 17.2. The van der Waals surface area contributed by atoms with E-state index in [0.29, 0.717) is 42.8 Å². The van der Waals surface area contributed by atoms with Gasteiger partial charge in [-0.15, -0.1) is 0 Å². The van der Waals surface area contributed by atoms with Crippen LogP contribution in [0.5, 0.6) is 0 Å². The van der Waals surface area contributed by atoms with Gasteiger partial charge in [0.25, 0.3) is 5.56 Å². The van der Waals surface area contributed by atoms with E-state index in [-0.39, 0.29) is 17.7 Å². The van der Waals surface area contributed by atoms with E-state index in [1.165, 1.54) is 6.33 Å². The molecule has 0 unspecified atom stereocenters. The Morgan fingerprint density at radius 3 is 2.51 bits per heavy atom. The molecule has 1 saturated carbocycles. The van der Waals surface area contributed by atoms with Gasteiger partial charge in [0.05, 0.1) is 11.8 Å². The van der Waals surface area contributed by atoms with Gasteiger partial charge in [-0.2, -0.15) is 10.1 Å². The second-order valence-corrected chi connectivity index (χ2v) is 9.46. The minimum Gasteiger partial charge on any atom is -0.393 e. The zero-order valence-electron chi connectivity index (χ0n) is 20.3. The Bertz CT molecular complexity index is 1690. The number of aromatic amines is 1. The van der Waals surface area contributed by atoms with E-state index in [0.717, 1.165) is 34.4 Å². The molecule has 5 aromatic rings. The van der Waals surface area contributed by atoms with Crippen LogP contribution in [0.1, 0.15) is 49.0 Å². The summed E-state index contributed by atoms with van der Waals surface area (Å²) < 4.78 is 8.18. The van der Waals surface area contributed by atoms with Crippen molar-refractivity contribution in [1.82, 2.24) is 29.3 Å². The maximum Gasteiger partial charge on any atom is 0.439 e. The van der Waals surface area contributed by atoms with Crippen molar-refractivity contribution >= 4 is 5.78 Å². The molecule has 188 valence electrons. The number of aliphatic hydroxyl groups excluding tert-OH is 1. The monoisotopic (exact) mass is 498 g/mol. The quantitative estimate of drug-likeness (QED) is 0.352. The number of hydrogen-bond acceptors (Lipinski definition) is 7. The van der Waals surface area contributed by atoms with Gasteiger partial charge >= 0.3 is 5.76 Å². The van der Waals surface area contributed by atoms with Crippen LogP contribution in [0.15, 0.2) is 69.0 Å². The molecule has 0 radical (unpaired) electrons. The molecule has 6 rings (SSSR count). The molecule has 0 atom stereocenters. The molecule has 37 heavy (non-hydrogen) atoms. The lowest BCUT2D eigenvalue weighted by molar-refractivity contribution is 0.0481. The number of aryl methyl sites for hydroxylation is 1. The third-order valence-electron chi connectivity index (χ3n) is 7.03. The molecule has 1 aliphatic carbocycles. The fourth-order valence-corrected chi connectivity index (χ4v) is 5.14. The molecule has 3 heterocycles. The van der Waals surface area contributed by atoms with Crippen LogP contribution in [0.2, 0.25) is 0 Å². The Labute approximate surface area is 211 Å². The number of nitrogens with zero attached hydrogens (tertiary/aromatic N) is 5. The molecule has 1 fully saturated rings. The number of aromatic nitrogens is 6. The molecule has 1 aliphatic rings. The highest BCUT2D eigenvalue weighted by molar-refractivity contribution is 5.80. The van der Waals surface area contributed by atoms with E-state index >= 15 is 0 Å². The summed E-state index contributed by atoms with van der Waals surface area (Å²) in [4.78, 5) is 32.2. The molecule has 0 amide bonds. The van der Waals surface area contributed by atoms with E-state index < -0.39 is 5.76 Å². The first-order valence-corrected chi connectivity index (χ1v) is 12.4. The lowest BCUT2D eigenvalue weighted by Crippen LogP contribution is -2.39. The van der Waals surface area contributed by atoms with E-state index in [4.69, 9.17) is 0 Å². The topological polar surface area (TPSA) is 131 Å². The first-order chi connectivity index (χ1) is 18.0. The number of nitrogens with one attached hydrogen (secondary N) is 1. The van der Waals surface area contributed by atoms with Crippen molar-refractivity contribution < 1.29 is 9.63 Å². The predicted octanol–water partition coefficient (Wildman–Crippen LogP) is 3.14. The maximum atomic E-state index is 13.8. The van der Waals surface area contributed by atoms with E-state index in [1.807, 2.05) is 48.5 Å². The average molecular weight is 499 g/mol. The van der Waals surface area contributed by atoms with Crippen molar-refractivity contribution in [2.24, 2.45) is 0 Å². The van der Waals surface area contributed by atoms with Crippen LogP contribution in [-0.4, -0.2) is 40.5 Å². The summed E-state index contributed by atoms with van der Waals surface area (Å²) in [5, 5.41) is 18.1. The molecule has 2 N–H and O–H groups in total. The fourth-order valence-electron chi connectivity index (χ4n) is 5.14. The fraction of sp³-hybridized carbons (Fsp3) is 0.296. The van der Waals surface area contributed by atoms with Crippen molar-refractivity contribution in [1.29, 1.82) is 0 Å². The third kappa shape index (κ3) is 4.09. The summed E-state index contributed by atoms with van der Waals surface area (Å²) in [6.45, 7) is 2.08. The van der Waals surface area contributed by atoms with Crippen LogP contribution in [-0.2, 0) is 12.8 Å². The van der Waals surface area contributed by atoms with Crippen molar-refractivity contribution in [2.75, 3.05) is 0 Å². The standard InChI is InChI=1S/C27H26N6O4/c1-2-5-23-22(25(35)32(18-13-19(34)14-18)26-28-15-29-33(23)26)12-16-8-10-17(11-9-16)20-6-3-4-7-21(20)24-30-27(36)37-31-24/h3-4,6-11,15,18-19,34H,2,5,12-14H2,1H3,(H,30,31,36)/t18-,19-. The highest BCUT2D eigenvalue weighted by atomic mass is 16.5. The van der Waals surface area contributed by atoms with Crippen LogP contribution in [0.3, 0.4) is 0 Å². The summed E-state index contributed by atoms with van der Waals surface area (Å²) in [6, 6.07) is 15.6. The first-order valence-electron chi connectivity index (χ1n) is 12.4. The molecule has 0 bridgehead atoms. The molecule has 10 nitrogen and oxygen atoms in total. The number of hydrogen-bond donors (Lipinski definition) is 2. The number of rotatable bonds is 7. The van der Waals surface area contributed by atoms with E-state index in [2.05, 4.69) is 31.7 Å². The van der Waals surface area contributed by atoms with Crippen molar-refractivity contribution in [2.45, 2.75) is 51.2 Å². The Morgan fingerprint density at radius 2 is 1.84 bits per heavy atom. The summed E-state index contributed by atoms with van der Waals surface area (Å²) in [5.74, 6) is 0.304. The van der Waals surface area contributed by atoms with Gasteiger partial charge in [0, 0.05) is 23.6 Å². The summed E-state index contributed by atoms with van der Waals surface area (Å²) in [5.41, 5.74) is 5.11. The third-order valence-corrected chi connectivity index (χ3v) is 7.03. The number of fused-ring (bicyclic) bond motifs is 1. The summed E-state index contributed by atoms with van der Waals surface area (Å²) in [7, 11) is 0. The summed E-state index contributed by atoms with van der Waals surface area (Å²) in [6.07, 6.45) is 4.21. The van der Waals surface area contributed by atoms with Crippen molar-refractivity contribution in [3.8, 4) is 22.5 Å². The van der Waals surface area contributed by atoms with Crippen molar-refractivity contribution in [3.63, 3.8) is 0 Å². The molecule has 0 aliphatic heterocycles. The highest BCUT2D eigenvalue weighted by Crippen LogP contribution is 2.33. The van der Waals surface area contributed by atoms with Crippen LogP contribution >= 0.6 is 0 Å². The molecule has 3 aromatic heterocycles. The Kier molecular flexibility index (Phi) is 5.80. The second kappa shape index (κ2) is 9.29. The lowest BCUT2D eigenvalue weighted by Gasteiger charge is -2.33. The van der Waals surface area contributed by atoms with Crippen LogP contribution in [0.25, 0.3) is 28.3 Å². The van der Waals surface area contributed by atoms with Crippen molar-refractivity contribution in [3.05, 3.63) is 92.6 Å². The van der Waals surface area contributed by atoms with Gasteiger partial charge in [-0.25, -0.2) is 9.31 Å². The maximum absolute atomic E-state index is 13.8. The number of H-pyrrole nitrogens is 1. The smallest absolute Gasteiger partial charge is 0.393 e. The molecule has 0 saturated heterocycles. The van der Waals surface area contributed by atoms with Gasteiger partial charge in [0.2, 0.25) is 5.78 Å². The zero-order valence-corrected chi connectivity index (χ0v) is 20.3. The minimum atomic E-state index is -0.602. The van der Waals surface area contributed by atoms with E-state index in [1.54, 1.807) is 9.08 Å². The Morgan fingerprint density at radius 1 is 1.08 bits per heavy atom. The first kappa shape index (κ1) is 23.1. The molecule has 2 aromatic carbocycles. The number of aliphatic hydroxyl groups is 1. The molecule has 0 spiro atoms. The predicted molar refractivity (Wildman–Crippen MR) is 136 cm³/mol. The van der Waals surface area contributed by atoms with Gasteiger partial charge in [-0.3, -0.25) is 18.9 Å². The second-order valence-electron chi connectivity index (χ2n) is 9.46. The van der Waals surface area contributed by atoms with E-state index in [9.17, 15) is 14.7 Å². The largest absolute Gasteiger partial charge is 0.439 e. The highest BCUT2D eigenvalue weighted by Gasteiger charge is 2.33. The number of benzene rings is 2. The SMILES string of the molecule is CCCc1c(Cc2ccc(-c3ccccc3-c3noc(=O)[nH]3)cc2)c(=O)n([C@H]2C[C@H](O)C2)c2ncnn12. The van der Waals surface area contributed by atoms with Gasteiger partial charge in [-0.05, 0) is 36.0 Å².